The molecule has 7 heteroatoms. The normalized spacial score (nSPS) is 11.1. The summed E-state index contributed by atoms with van der Waals surface area (Å²) in [6, 6.07) is 8.48. The SMILES string of the molecule is COc1ccc(NC(=O)c2ccc(C(F)(F)F)nc2C)cc1. The molecule has 0 fully saturated rings. The molecule has 0 unspecified atom stereocenters. The molecule has 2 aromatic rings. The molecule has 0 atom stereocenters. The average Bonchev–Trinajstić information content (AvgIpc) is 2.46. The van der Waals surface area contributed by atoms with Gasteiger partial charge in [0.2, 0.25) is 0 Å². The number of rotatable bonds is 3. The third-order valence-electron chi connectivity index (χ3n) is 2.97. The Morgan fingerprint density at radius 2 is 1.77 bits per heavy atom. The van der Waals surface area contributed by atoms with Crippen LogP contribution in [0, 0.1) is 6.92 Å². The molecule has 2 rings (SSSR count). The number of hydrogen-bond acceptors (Lipinski definition) is 3. The molecule has 0 radical (unpaired) electrons. The summed E-state index contributed by atoms with van der Waals surface area (Å²) in [5.41, 5.74) is -0.416. The fourth-order valence-corrected chi connectivity index (χ4v) is 1.83. The number of benzene rings is 1. The van der Waals surface area contributed by atoms with E-state index in [2.05, 4.69) is 10.3 Å². The van der Waals surface area contributed by atoms with Crippen LogP contribution in [-0.2, 0) is 6.18 Å². The van der Waals surface area contributed by atoms with E-state index in [9.17, 15) is 18.0 Å². The van der Waals surface area contributed by atoms with Gasteiger partial charge in [-0.3, -0.25) is 4.79 Å². The van der Waals surface area contributed by atoms with Gasteiger partial charge in [-0.15, -0.1) is 0 Å². The lowest BCUT2D eigenvalue weighted by atomic mass is 10.1. The Morgan fingerprint density at radius 1 is 1.14 bits per heavy atom. The van der Waals surface area contributed by atoms with Crippen LogP contribution in [0.2, 0.25) is 0 Å². The van der Waals surface area contributed by atoms with Crippen molar-refractivity contribution >= 4 is 11.6 Å². The number of ether oxygens (including phenoxy) is 1. The van der Waals surface area contributed by atoms with Crippen LogP contribution < -0.4 is 10.1 Å². The number of nitrogens with one attached hydrogen (secondary N) is 1. The first kappa shape index (κ1) is 15.8. The number of pyridine rings is 1. The van der Waals surface area contributed by atoms with Crippen molar-refractivity contribution in [1.29, 1.82) is 0 Å². The lowest BCUT2D eigenvalue weighted by molar-refractivity contribution is -0.141. The smallest absolute Gasteiger partial charge is 0.433 e. The van der Waals surface area contributed by atoms with Crippen molar-refractivity contribution in [2.45, 2.75) is 13.1 Å². The van der Waals surface area contributed by atoms with Gasteiger partial charge in [0, 0.05) is 5.69 Å². The first-order chi connectivity index (χ1) is 10.3. The van der Waals surface area contributed by atoms with Crippen molar-refractivity contribution in [3.63, 3.8) is 0 Å². The summed E-state index contributed by atoms with van der Waals surface area (Å²) in [5.74, 6) is 0.106. The molecule has 0 aliphatic carbocycles. The fraction of sp³-hybridized carbons (Fsp3) is 0.200. The first-order valence-corrected chi connectivity index (χ1v) is 6.31. The van der Waals surface area contributed by atoms with Gasteiger partial charge in [0.1, 0.15) is 11.4 Å². The predicted octanol–water partition coefficient (Wildman–Crippen LogP) is 3.67. The van der Waals surface area contributed by atoms with E-state index in [4.69, 9.17) is 4.74 Å². The molecule has 0 bridgehead atoms. The van der Waals surface area contributed by atoms with Crippen LogP contribution in [0.1, 0.15) is 21.7 Å². The number of aryl methyl sites for hydroxylation is 1. The van der Waals surface area contributed by atoms with E-state index in [0.717, 1.165) is 12.1 Å². The van der Waals surface area contributed by atoms with Gasteiger partial charge in [-0.1, -0.05) is 0 Å². The molecule has 1 aromatic heterocycles. The van der Waals surface area contributed by atoms with E-state index >= 15 is 0 Å². The van der Waals surface area contributed by atoms with E-state index in [1.54, 1.807) is 24.3 Å². The Bertz CT molecular complexity index is 682. The Hall–Kier alpha value is -2.57. The molecule has 22 heavy (non-hydrogen) atoms. The number of carbonyl (C=O) groups excluding carboxylic acids is 1. The minimum absolute atomic E-state index is 0.0147. The van der Waals surface area contributed by atoms with E-state index < -0.39 is 17.8 Å². The first-order valence-electron chi connectivity index (χ1n) is 6.31. The standard InChI is InChI=1S/C15H13F3N2O2/c1-9-12(7-8-13(19-9)15(16,17)18)14(21)20-10-3-5-11(22-2)6-4-10/h3-8H,1-2H3,(H,20,21). The van der Waals surface area contributed by atoms with E-state index in [0.29, 0.717) is 11.4 Å². The van der Waals surface area contributed by atoms with Crippen LogP contribution in [0.3, 0.4) is 0 Å². The van der Waals surface area contributed by atoms with Gasteiger partial charge in [0.05, 0.1) is 18.4 Å². The number of nitrogens with zero attached hydrogens (tertiary/aromatic N) is 1. The number of hydrogen-bond donors (Lipinski definition) is 1. The van der Waals surface area contributed by atoms with Crippen molar-refractivity contribution in [2.24, 2.45) is 0 Å². The summed E-state index contributed by atoms with van der Waals surface area (Å²) in [7, 11) is 1.52. The zero-order valence-corrected chi connectivity index (χ0v) is 11.9. The molecule has 1 heterocycles. The van der Waals surface area contributed by atoms with Crippen LogP contribution in [0.4, 0.5) is 18.9 Å². The fourth-order valence-electron chi connectivity index (χ4n) is 1.83. The van der Waals surface area contributed by atoms with Crippen LogP contribution >= 0.6 is 0 Å². The lowest BCUT2D eigenvalue weighted by Gasteiger charge is -2.10. The summed E-state index contributed by atoms with van der Waals surface area (Å²) < 4.78 is 42.6. The van der Waals surface area contributed by atoms with Crippen LogP contribution in [-0.4, -0.2) is 18.0 Å². The largest absolute Gasteiger partial charge is 0.497 e. The molecule has 0 aliphatic heterocycles. The van der Waals surface area contributed by atoms with Crippen LogP contribution in [0.15, 0.2) is 36.4 Å². The second-order valence-electron chi connectivity index (χ2n) is 4.51. The maximum atomic E-state index is 12.5. The highest BCUT2D eigenvalue weighted by Crippen LogP contribution is 2.28. The summed E-state index contributed by atoms with van der Waals surface area (Å²) in [5, 5.41) is 2.59. The molecular weight excluding hydrogens is 297 g/mol. The van der Waals surface area contributed by atoms with Crippen LogP contribution in [0.5, 0.6) is 5.75 Å². The van der Waals surface area contributed by atoms with E-state index in [-0.39, 0.29) is 11.3 Å². The Kier molecular flexibility index (Phi) is 4.35. The molecular formula is C15H13F3N2O2. The maximum Gasteiger partial charge on any atom is 0.433 e. The van der Waals surface area contributed by atoms with Gasteiger partial charge in [0.25, 0.3) is 5.91 Å². The number of methoxy groups -OCH3 is 1. The van der Waals surface area contributed by atoms with Gasteiger partial charge in [-0.05, 0) is 43.3 Å². The zero-order chi connectivity index (χ0) is 16.3. The minimum atomic E-state index is -4.53. The van der Waals surface area contributed by atoms with Gasteiger partial charge in [-0.25, -0.2) is 4.98 Å². The van der Waals surface area contributed by atoms with Gasteiger partial charge in [-0.2, -0.15) is 13.2 Å². The number of alkyl halides is 3. The van der Waals surface area contributed by atoms with E-state index in [1.807, 2.05) is 0 Å². The zero-order valence-electron chi connectivity index (χ0n) is 11.9. The van der Waals surface area contributed by atoms with Crippen molar-refractivity contribution in [2.75, 3.05) is 12.4 Å². The number of aromatic nitrogens is 1. The number of halogens is 3. The predicted molar refractivity (Wildman–Crippen MR) is 74.9 cm³/mol. The molecule has 1 amide bonds. The number of carbonyl (C=O) groups is 1. The summed E-state index contributed by atoms with van der Waals surface area (Å²) in [4.78, 5) is 15.5. The van der Waals surface area contributed by atoms with E-state index in [1.165, 1.54) is 14.0 Å². The average molecular weight is 310 g/mol. The second-order valence-corrected chi connectivity index (χ2v) is 4.51. The summed E-state index contributed by atoms with van der Waals surface area (Å²) >= 11 is 0. The quantitative estimate of drug-likeness (QED) is 0.941. The molecule has 0 spiro atoms. The maximum absolute atomic E-state index is 12.5. The Labute approximate surface area is 124 Å². The highest BCUT2D eigenvalue weighted by Gasteiger charge is 2.33. The van der Waals surface area contributed by atoms with Crippen LogP contribution in [0.25, 0.3) is 0 Å². The third kappa shape index (κ3) is 3.55. The topological polar surface area (TPSA) is 51.2 Å². The number of amides is 1. The van der Waals surface area contributed by atoms with Crippen molar-refractivity contribution in [3.8, 4) is 5.75 Å². The molecule has 4 nitrogen and oxygen atoms in total. The second kappa shape index (κ2) is 6.05. The van der Waals surface area contributed by atoms with Gasteiger partial charge >= 0.3 is 6.18 Å². The third-order valence-corrected chi connectivity index (χ3v) is 2.97. The minimum Gasteiger partial charge on any atom is -0.497 e. The highest BCUT2D eigenvalue weighted by molar-refractivity contribution is 6.05. The highest BCUT2D eigenvalue weighted by atomic mass is 19.4. The summed E-state index contributed by atoms with van der Waals surface area (Å²) in [6.45, 7) is 1.36. The van der Waals surface area contributed by atoms with Gasteiger partial charge < -0.3 is 10.1 Å². The Balaban J connectivity index is 2.18. The molecule has 0 aliphatic rings. The molecule has 0 saturated heterocycles. The molecule has 1 aromatic carbocycles. The molecule has 1 N–H and O–H groups in total. The van der Waals surface area contributed by atoms with Gasteiger partial charge in [0.15, 0.2) is 0 Å². The number of anilines is 1. The van der Waals surface area contributed by atoms with Crippen molar-refractivity contribution < 1.29 is 22.7 Å². The molecule has 0 saturated carbocycles. The lowest BCUT2D eigenvalue weighted by Crippen LogP contribution is -2.16. The van der Waals surface area contributed by atoms with Crippen molar-refractivity contribution in [3.05, 3.63) is 53.3 Å². The molecule has 116 valence electrons. The Morgan fingerprint density at radius 3 is 2.27 bits per heavy atom. The van der Waals surface area contributed by atoms with Crippen molar-refractivity contribution in [1.82, 2.24) is 4.98 Å². The monoisotopic (exact) mass is 310 g/mol. The summed E-state index contributed by atoms with van der Waals surface area (Å²) in [6.07, 6.45) is -4.53.